The molecule has 3 aromatic rings. The van der Waals surface area contributed by atoms with Crippen molar-refractivity contribution >= 4 is 29.3 Å². The van der Waals surface area contributed by atoms with Gasteiger partial charge in [0.15, 0.2) is 0 Å². The van der Waals surface area contributed by atoms with Crippen LogP contribution in [0.5, 0.6) is 0 Å². The molecule has 9 nitrogen and oxygen atoms in total. The van der Waals surface area contributed by atoms with E-state index in [1.807, 2.05) is 0 Å². The Morgan fingerprint density at radius 2 is 1.72 bits per heavy atom. The monoisotopic (exact) mass is 432 g/mol. The third-order valence-electron chi connectivity index (χ3n) is 4.37. The molecule has 32 heavy (non-hydrogen) atoms. The van der Waals surface area contributed by atoms with E-state index in [4.69, 9.17) is 4.42 Å². The van der Waals surface area contributed by atoms with Gasteiger partial charge in [0.05, 0.1) is 4.92 Å². The molecule has 0 atom stereocenters. The average Bonchev–Trinajstić information content (AvgIpc) is 3.24. The zero-order chi connectivity index (χ0) is 23.1. The number of furan rings is 1. The molecular formula is C23H20N4O5. The highest BCUT2D eigenvalue weighted by Crippen LogP contribution is 2.14. The van der Waals surface area contributed by atoms with Crippen molar-refractivity contribution in [1.82, 2.24) is 10.7 Å². The Bertz CT molecular complexity index is 1190. The van der Waals surface area contributed by atoms with E-state index >= 15 is 0 Å². The number of amides is 2. The Kier molecular flexibility index (Phi) is 6.92. The summed E-state index contributed by atoms with van der Waals surface area (Å²) in [6, 6.07) is 17.5. The maximum atomic E-state index is 12.8. The minimum absolute atomic E-state index is 0.0834. The number of benzene rings is 2. The third kappa shape index (κ3) is 5.76. The van der Waals surface area contributed by atoms with E-state index in [0.717, 1.165) is 0 Å². The summed E-state index contributed by atoms with van der Waals surface area (Å²) in [6.45, 7) is 3.46. The summed E-state index contributed by atoms with van der Waals surface area (Å²) in [7, 11) is 0. The molecule has 2 aromatic carbocycles. The Hall–Kier alpha value is -4.53. The molecule has 9 heteroatoms. The van der Waals surface area contributed by atoms with Gasteiger partial charge in [-0.1, -0.05) is 18.2 Å². The smallest absolute Gasteiger partial charge is 0.287 e. The molecule has 0 bridgehead atoms. The van der Waals surface area contributed by atoms with Crippen LogP contribution in [0, 0.1) is 17.0 Å². The summed E-state index contributed by atoms with van der Waals surface area (Å²) in [5.41, 5.74) is 3.51. The third-order valence-corrected chi connectivity index (χ3v) is 4.37. The Labute approximate surface area is 183 Å². The van der Waals surface area contributed by atoms with Gasteiger partial charge in [-0.05, 0) is 61.9 Å². The average molecular weight is 432 g/mol. The van der Waals surface area contributed by atoms with E-state index in [0.29, 0.717) is 28.4 Å². The zero-order valence-corrected chi connectivity index (χ0v) is 17.4. The van der Waals surface area contributed by atoms with Crippen LogP contribution in [0.2, 0.25) is 0 Å². The molecule has 0 aliphatic carbocycles. The number of nitrogens with zero attached hydrogens (tertiary/aromatic N) is 2. The van der Waals surface area contributed by atoms with Gasteiger partial charge in [0.1, 0.15) is 22.9 Å². The lowest BCUT2D eigenvalue weighted by molar-refractivity contribution is -0.384. The van der Waals surface area contributed by atoms with E-state index in [-0.39, 0.29) is 11.4 Å². The molecule has 0 radical (unpaired) electrons. The maximum absolute atomic E-state index is 12.8. The Morgan fingerprint density at radius 3 is 2.31 bits per heavy atom. The van der Waals surface area contributed by atoms with Crippen molar-refractivity contribution in [3.05, 3.63) is 105 Å². The number of hydrogen-bond donors (Lipinski definition) is 2. The lowest BCUT2D eigenvalue weighted by Gasteiger charge is -2.09. The van der Waals surface area contributed by atoms with Gasteiger partial charge in [0, 0.05) is 17.7 Å². The van der Waals surface area contributed by atoms with Gasteiger partial charge in [-0.15, -0.1) is 0 Å². The van der Waals surface area contributed by atoms with Crippen molar-refractivity contribution in [2.24, 2.45) is 5.10 Å². The van der Waals surface area contributed by atoms with Crippen molar-refractivity contribution in [3.63, 3.8) is 0 Å². The summed E-state index contributed by atoms with van der Waals surface area (Å²) in [5, 5.41) is 17.5. The first kappa shape index (κ1) is 22.2. The Balaban J connectivity index is 1.85. The molecule has 0 saturated carbocycles. The molecule has 1 heterocycles. The van der Waals surface area contributed by atoms with Crippen LogP contribution in [0.1, 0.15) is 34.4 Å². The standard InChI is InChI=1S/C23H20N4O5/c1-15-8-13-21(32-15)16(2)25-26-23(29)20(24-22(28)18-6-4-3-5-7-18)14-17-9-11-19(12-10-17)27(30)31/h3-14H,1-2H3,(H,24,28)(H,26,29). The number of carbonyl (C=O) groups is 2. The van der Waals surface area contributed by atoms with Gasteiger partial charge in [0.25, 0.3) is 17.5 Å². The van der Waals surface area contributed by atoms with E-state index in [1.54, 1.807) is 56.3 Å². The number of aryl methyl sites for hydroxylation is 1. The SMILES string of the molecule is CC(=NNC(=O)C(=Cc1ccc([N+](=O)[O-])cc1)NC(=O)c1ccccc1)c1ccc(C)o1. The van der Waals surface area contributed by atoms with Crippen molar-refractivity contribution in [2.75, 3.05) is 0 Å². The van der Waals surface area contributed by atoms with Crippen molar-refractivity contribution < 1.29 is 18.9 Å². The fourth-order valence-electron chi connectivity index (χ4n) is 2.68. The van der Waals surface area contributed by atoms with E-state index in [2.05, 4.69) is 15.8 Å². The highest BCUT2D eigenvalue weighted by atomic mass is 16.6. The van der Waals surface area contributed by atoms with E-state index in [1.165, 1.54) is 30.3 Å². The first-order chi connectivity index (χ1) is 15.3. The van der Waals surface area contributed by atoms with Crippen molar-refractivity contribution in [3.8, 4) is 0 Å². The van der Waals surface area contributed by atoms with Crippen LogP contribution in [-0.2, 0) is 4.79 Å². The van der Waals surface area contributed by atoms with Crippen LogP contribution in [0.3, 0.4) is 0 Å². The largest absolute Gasteiger partial charge is 0.460 e. The molecule has 0 aliphatic heterocycles. The molecule has 162 valence electrons. The first-order valence-electron chi connectivity index (χ1n) is 9.57. The summed E-state index contributed by atoms with van der Waals surface area (Å²) in [5.74, 6) is 0.0401. The van der Waals surface area contributed by atoms with E-state index in [9.17, 15) is 19.7 Å². The Morgan fingerprint density at radius 1 is 1.03 bits per heavy atom. The molecule has 0 fully saturated rings. The van der Waals surface area contributed by atoms with Crippen LogP contribution < -0.4 is 10.7 Å². The van der Waals surface area contributed by atoms with Crippen molar-refractivity contribution in [2.45, 2.75) is 13.8 Å². The number of non-ortho nitro benzene ring substituents is 1. The van der Waals surface area contributed by atoms with Gasteiger partial charge >= 0.3 is 0 Å². The second kappa shape index (κ2) is 9.98. The quantitative estimate of drug-likeness (QED) is 0.254. The minimum Gasteiger partial charge on any atom is -0.460 e. The lowest BCUT2D eigenvalue weighted by Crippen LogP contribution is -2.33. The molecule has 0 spiro atoms. The maximum Gasteiger partial charge on any atom is 0.287 e. The summed E-state index contributed by atoms with van der Waals surface area (Å²) in [6.07, 6.45) is 1.40. The molecule has 2 N–H and O–H groups in total. The molecule has 3 rings (SSSR count). The molecule has 0 unspecified atom stereocenters. The number of hydrazone groups is 1. The number of nitro benzene ring substituents is 1. The number of hydrogen-bond acceptors (Lipinski definition) is 6. The van der Waals surface area contributed by atoms with Gasteiger partial charge in [-0.3, -0.25) is 19.7 Å². The second-order valence-corrected chi connectivity index (χ2v) is 6.78. The van der Waals surface area contributed by atoms with Crippen molar-refractivity contribution in [1.29, 1.82) is 0 Å². The predicted octanol–water partition coefficient (Wildman–Crippen LogP) is 3.81. The van der Waals surface area contributed by atoms with Crippen LogP contribution >= 0.6 is 0 Å². The van der Waals surface area contributed by atoms with Gasteiger partial charge < -0.3 is 9.73 Å². The number of nitrogens with one attached hydrogen (secondary N) is 2. The van der Waals surface area contributed by atoms with Gasteiger partial charge in [-0.25, -0.2) is 5.43 Å². The topological polar surface area (TPSA) is 127 Å². The van der Waals surface area contributed by atoms with Crippen LogP contribution in [0.25, 0.3) is 6.08 Å². The van der Waals surface area contributed by atoms with Gasteiger partial charge in [0.2, 0.25) is 0 Å². The fraction of sp³-hybridized carbons (Fsp3) is 0.0870. The highest BCUT2D eigenvalue weighted by molar-refractivity contribution is 6.06. The van der Waals surface area contributed by atoms with Gasteiger partial charge in [-0.2, -0.15) is 5.10 Å². The number of rotatable bonds is 7. The molecule has 2 amide bonds. The van der Waals surface area contributed by atoms with Crippen LogP contribution in [-0.4, -0.2) is 22.4 Å². The fourth-order valence-corrected chi connectivity index (χ4v) is 2.68. The second-order valence-electron chi connectivity index (χ2n) is 6.78. The molecule has 0 saturated heterocycles. The summed E-state index contributed by atoms with van der Waals surface area (Å²) >= 11 is 0. The number of carbonyl (C=O) groups excluding carboxylic acids is 2. The molecule has 1 aromatic heterocycles. The lowest BCUT2D eigenvalue weighted by atomic mass is 10.1. The summed E-state index contributed by atoms with van der Waals surface area (Å²) in [4.78, 5) is 35.7. The first-order valence-corrected chi connectivity index (χ1v) is 9.57. The van der Waals surface area contributed by atoms with Crippen LogP contribution in [0.15, 0.2) is 81.9 Å². The number of nitro groups is 1. The minimum atomic E-state index is -0.671. The summed E-state index contributed by atoms with van der Waals surface area (Å²) < 4.78 is 5.47. The normalized spacial score (nSPS) is 11.7. The van der Waals surface area contributed by atoms with Crippen LogP contribution in [0.4, 0.5) is 5.69 Å². The van der Waals surface area contributed by atoms with E-state index < -0.39 is 16.7 Å². The highest BCUT2D eigenvalue weighted by Gasteiger charge is 2.15. The molecule has 0 aliphatic rings. The zero-order valence-electron chi connectivity index (χ0n) is 17.4. The predicted molar refractivity (Wildman–Crippen MR) is 119 cm³/mol. The molecular weight excluding hydrogens is 412 g/mol.